The summed E-state index contributed by atoms with van der Waals surface area (Å²) in [6.45, 7) is 2.59. The first kappa shape index (κ1) is 11.8. The monoisotopic (exact) mass is 250 g/mol. The Balaban J connectivity index is 1.72. The van der Waals surface area contributed by atoms with Crippen molar-refractivity contribution in [2.24, 2.45) is 0 Å². The van der Waals surface area contributed by atoms with Crippen molar-refractivity contribution in [1.82, 2.24) is 20.5 Å². The number of aromatic amines is 1. The molecule has 2 rings (SSSR count). The first-order valence-corrected chi connectivity index (χ1v) is 6.32. The quantitative estimate of drug-likeness (QED) is 0.791. The van der Waals surface area contributed by atoms with Gasteiger partial charge in [0.25, 0.3) is 5.91 Å². The van der Waals surface area contributed by atoms with Gasteiger partial charge in [-0.3, -0.25) is 9.89 Å². The molecule has 0 aliphatic rings. The van der Waals surface area contributed by atoms with Crippen LogP contribution in [0.15, 0.2) is 17.8 Å². The average Bonchev–Trinajstić information content (AvgIpc) is 2.95. The van der Waals surface area contributed by atoms with Gasteiger partial charge in [0.15, 0.2) is 0 Å². The van der Waals surface area contributed by atoms with E-state index in [9.17, 15) is 4.79 Å². The van der Waals surface area contributed by atoms with Gasteiger partial charge in [-0.25, -0.2) is 4.98 Å². The number of hydrogen-bond acceptors (Lipinski definition) is 4. The molecule has 2 heterocycles. The smallest absolute Gasteiger partial charge is 0.261 e. The minimum atomic E-state index is 0.00932. The molecule has 0 aromatic carbocycles. The van der Waals surface area contributed by atoms with Crippen LogP contribution < -0.4 is 5.32 Å². The number of carbonyl (C=O) groups excluding carboxylic acids is 1. The molecule has 2 aromatic heterocycles. The molecule has 0 aliphatic carbocycles. The number of H-pyrrole nitrogens is 1. The fourth-order valence-corrected chi connectivity index (χ4v) is 2.34. The van der Waals surface area contributed by atoms with Crippen LogP contribution in [-0.2, 0) is 6.42 Å². The standard InChI is InChI=1S/C11H14N4OS/c1-8-4-6-17-10(8)11(16)12-5-2-3-9-13-7-14-15-9/h4,6-7H,2-3,5H2,1H3,(H,12,16)(H,13,14,15). The largest absolute Gasteiger partial charge is 0.351 e. The number of thiophene rings is 1. The molecule has 0 radical (unpaired) electrons. The number of nitrogens with one attached hydrogen (secondary N) is 2. The third-order valence-electron chi connectivity index (χ3n) is 2.41. The van der Waals surface area contributed by atoms with Gasteiger partial charge in [0.05, 0.1) is 4.88 Å². The van der Waals surface area contributed by atoms with Gasteiger partial charge in [-0.1, -0.05) is 0 Å². The zero-order valence-corrected chi connectivity index (χ0v) is 10.4. The van der Waals surface area contributed by atoms with Gasteiger partial charge in [0.1, 0.15) is 12.2 Å². The summed E-state index contributed by atoms with van der Waals surface area (Å²) in [7, 11) is 0. The third-order valence-corrected chi connectivity index (χ3v) is 3.42. The van der Waals surface area contributed by atoms with Gasteiger partial charge < -0.3 is 5.32 Å². The van der Waals surface area contributed by atoms with Crippen molar-refractivity contribution >= 4 is 17.2 Å². The minimum Gasteiger partial charge on any atom is -0.351 e. The number of aryl methyl sites for hydroxylation is 2. The Kier molecular flexibility index (Phi) is 3.87. The highest BCUT2D eigenvalue weighted by Crippen LogP contribution is 2.14. The second kappa shape index (κ2) is 5.58. The van der Waals surface area contributed by atoms with Gasteiger partial charge in [-0.2, -0.15) is 5.10 Å². The van der Waals surface area contributed by atoms with E-state index >= 15 is 0 Å². The Hall–Kier alpha value is -1.69. The van der Waals surface area contributed by atoms with Gasteiger partial charge in [0, 0.05) is 13.0 Å². The predicted octanol–water partition coefficient (Wildman–Crippen LogP) is 1.54. The van der Waals surface area contributed by atoms with E-state index in [0.717, 1.165) is 29.1 Å². The number of nitrogens with zero attached hydrogens (tertiary/aromatic N) is 2. The lowest BCUT2D eigenvalue weighted by molar-refractivity contribution is 0.0956. The van der Waals surface area contributed by atoms with Crippen molar-refractivity contribution in [1.29, 1.82) is 0 Å². The van der Waals surface area contributed by atoms with Crippen molar-refractivity contribution in [3.8, 4) is 0 Å². The van der Waals surface area contributed by atoms with E-state index in [4.69, 9.17) is 0 Å². The maximum atomic E-state index is 11.8. The average molecular weight is 250 g/mol. The van der Waals surface area contributed by atoms with Crippen LogP contribution in [0.5, 0.6) is 0 Å². The van der Waals surface area contributed by atoms with Crippen molar-refractivity contribution in [3.05, 3.63) is 34.0 Å². The molecule has 0 unspecified atom stereocenters. The molecule has 0 spiro atoms. The molecule has 5 nitrogen and oxygen atoms in total. The van der Waals surface area contributed by atoms with E-state index in [-0.39, 0.29) is 5.91 Å². The van der Waals surface area contributed by atoms with Crippen LogP contribution in [0.2, 0.25) is 0 Å². The Labute approximate surface area is 103 Å². The van der Waals surface area contributed by atoms with E-state index in [0.29, 0.717) is 6.54 Å². The molecule has 90 valence electrons. The van der Waals surface area contributed by atoms with Crippen LogP contribution in [-0.4, -0.2) is 27.6 Å². The van der Waals surface area contributed by atoms with E-state index in [1.165, 1.54) is 17.7 Å². The van der Waals surface area contributed by atoms with Crippen LogP contribution in [0.1, 0.15) is 27.5 Å². The van der Waals surface area contributed by atoms with Crippen LogP contribution >= 0.6 is 11.3 Å². The zero-order valence-electron chi connectivity index (χ0n) is 9.56. The summed E-state index contributed by atoms with van der Waals surface area (Å²) in [5.41, 5.74) is 1.03. The maximum absolute atomic E-state index is 11.8. The molecule has 0 fully saturated rings. The third kappa shape index (κ3) is 3.13. The van der Waals surface area contributed by atoms with Crippen molar-refractivity contribution < 1.29 is 4.79 Å². The lowest BCUT2D eigenvalue weighted by atomic mass is 10.2. The topological polar surface area (TPSA) is 70.7 Å². The fraction of sp³-hybridized carbons (Fsp3) is 0.364. The Bertz CT molecular complexity index is 477. The molecule has 0 saturated heterocycles. The molecule has 2 aromatic rings. The summed E-state index contributed by atoms with van der Waals surface area (Å²) in [5, 5.41) is 11.4. The summed E-state index contributed by atoms with van der Waals surface area (Å²) in [5.74, 6) is 0.863. The molecule has 0 atom stereocenters. The summed E-state index contributed by atoms with van der Waals surface area (Å²) in [6, 6.07) is 1.95. The maximum Gasteiger partial charge on any atom is 0.261 e. The number of hydrogen-bond donors (Lipinski definition) is 2. The number of amides is 1. The normalized spacial score (nSPS) is 10.4. The second-order valence-electron chi connectivity index (χ2n) is 3.72. The lowest BCUT2D eigenvalue weighted by Crippen LogP contribution is -2.24. The van der Waals surface area contributed by atoms with E-state index in [1.54, 1.807) is 0 Å². The van der Waals surface area contributed by atoms with E-state index in [1.807, 2.05) is 18.4 Å². The summed E-state index contributed by atoms with van der Waals surface area (Å²) in [4.78, 5) is 16.6. The lowest BCUT2D eigenvalue weighted by Gasteiger charge is -2.03. The number of aromatic nitrogens is 3. The van der Waals surface area contributed by atoms with Gasteiger partial charge in [-0.15, -0.1) is 11.3 Å². The van der Waals surface area contributed by atoms with Crippen molar-refractivity contribution in [2.75, 3.05) is 6.54 Å². The SMILES string of the molecule is Cc1ccsc1C(=O)NCCCc1ncn[nH]1. The van der Waals surface area contributed by atoms with E-state index in [2.05, 4.69) is 20.5 Å². The Morgan fingerprint density at radius 2 is 2.47 bits per heavy atom. The first-order valence-electron chi connectivity index (χ1n) is 5.44. The van der Waals surface area contributed by atoms with Gasteiger partial charge in [0.2, 0.25) is 0 Å². The molecule has 6 heteroatoms. The molecule has 17 heavy (non-hydrogen) atoms. The number of carbonyl (C=O) groups is 1. The van der Waals surface area contributed by atoms with E-state index < -0.39 is 0 Å². The second-order valence-corrected chi connectivity index (χ2v) is 4.64. The Morgan fingerprint density at radius 1 is 1.59 bits per heavy atom. The van der Waals surface area contributed by atoms with Gasteiger partial charge >= 0.3 is 0 Å². The molecular weight excluding hydrogens is 236 g/mol. The molecular formula is C11H14N4OS. The van der Waals surface area contributed by atoms with Crippen LogP contribution in [0.25, 0.3) is 0 Å². The molecule has 0 bridgehead atoms. The van der Waals surface area contributed by atoms with Crippen LogP contribution in [0, 0.1) is 6.92 Å². The molecule has 0 saturated carbocycles. The first-order chi connectivity index (χ1) is 8.27. The van der Waals surface area contributed by atoms with Crippen molar-refractivity contribution in [2.45, 2.75) is 19.8 Å². The zero-order chi connectivity index (χ0) is 12.1. The van der Waals surface area contributed by atoms with Crippen molar-refractivity contribution in [3.63, 3.8) is 0 Å². The van der Waals surface area contributed by atoms with Gasteiger partial charge in [-0.05, 0) is 30.4 Å². The summed E-state index contributed by atoms with van der Waals surface area (Å²) < 4.78 is 0. The van der Waals surface area contributed by atoms with Crippen LogP contribution in [0.4, 0.5) is 0 Å². The minimum absolute atomic E-state index is 0.00932. The fourth-order valence-electron chi connectivity index (χ4n) is 1.49. The number of rotatable bonds is 5. The summed E-state index contributed by atoms with van der Waals surface area (Å²) >= 11 is 1.47. The highest BCUT2D eigenvalue weighted by molar-refractivity contribution is 7.12. The summed E-state index contributed by atoms with van der Waals surface area (Å²) in [6.07, 6.45) is 3.14. The molecule has 1 amide bonds. The molecule has 0 aliphatic heterocycles. The van der Waals surface area contributed by atoms with Crippen LogP contribution in [0.3, 0.4) is 0 Å². The Morgan fingerprint density at radius 3 is 3.12 bits per heavy atom. The highest BCUT2D eigenvalue weighted by atomic mass is 32.1. The predicted molar refractivity (Wildman–Crippen MR) is 66.1 cm³/mol. The highest BCUT2D eigenvalue weighted by Gasteiger charge is 2.09. The molecule has 2 N–H and O–H groups in total.